The van der Waals surface area contributed by atoms with Crippen LogP contribution < -0.4 is 4.74 Å². The highest BCUT2D eigenvalue weighted by molar-refractivity contribution is 6.20. The molecule has 4 heteroatoms. The fourth-order valence-corrected chi connectivity index (χ4v) is 4.24. The zero-order chi connectivity index (χ0) is 18.9. The Bertz CT molecular complexity index is 854. The van der Waals surface area contributed by atoms with E-state index in [9.17, 15) is 4.79 Å². The Labute approximate surface area is 159 Å². The molecule has 2 heterocycles. The van der Waals surface area contributed by atoms with Crippen LogP contribution in [-0.4, -0.2) is 25.5 Å². The zero-order valence-electron chi connectivity index (χ0n) is 15.7. The first kappa shape index (κ1) is 17.8. The molecule has 4 nitrogen and oxygen atoms in total. The molecule has 0 saturated carbocycles. The van der Waals surface area contributed by atoms with Gasteiger partial charge in [0, 0.05) is 5.57 Å². The molecule has 27 heavy (non-hydrogen) atoms. The standard InChI is InChI=1S/C23H24O4/c1-3-7-20-21(17-10-12-18(25-2)13-11-17)22(24)27-23(20)19(14-15-26-23)16-8-5-4-6-9-16/h4-6,8-13,19H,3,7,14-15H2,1-2H3/t19-,23+/m1/s1. The van der Waals surface area contributed by atoms with Crippen LogP contribution in [-0.2, 0) is 14.3 Å². The molecule has 1 fully saturated rings. The van der Waals surface area contributed by atoms with Crippen LogP contribution in [0.15, 0.2) is 60.2 Å². The van der Waals surface area contributed by atoms with Gasteiger partial charge in [0.2, 0.25) is 5.79 Å². The van der Waals surface area contributed by atoms with E-state index >= 15 is 0 Å². The number of hydrogen-bond acceptors (Lipinski definition) is 4. The first-order valence-electron chi connectivity index (χ1n) is 9.50. The van der Waals surface area contributed by atoms with E-state index in [1.165, 1.54) is 0 Å². The Morgan fingerprint density at radius 3 is 2.52 bits per heavy atom. The van der Waals surface area contributed by atoms with Crippen LogP contribution in [0.25, 0.3) is 5.57 Å². The van der Waals surface area contributed by atoms with Gasteiger partial charge < -0.3 is 14.2 Å². The lowest BCUT2D eigenvalue weighted by Gasteiger charge is -2.31. The van der Waals surface area contributed by atoms with E-state index in [4.69, 9.17) is 14.2 Å². The summed E-state index contributed by atoms with van der Waals surface area (Å²) in [6.07, 6.45) is 2.51. The quantitative estimate of drug-likeness (QED) is 0.721. The van der Waals surface area contributed by atoms with E-state index in [0.717, 1.165) is 41.7 Å². The number of carbonyl (C=O) groups excluding carboxylic acids is 1. The van der Waals surface area contributed by atoms with Crippen LogP contribution in [0.1, 0.15) is 43.2 Å². The summed E-state index contributed by atoms with van der Waals surface area (Å²) in [5.41, 5.74) is 3.60. The van der Waals surface area contributed by atoms with Crippen LogP contribution in [0.4, 0.5) is 0 Å². The molecule has 1 saturated heterocycles. The molecule has 4 rings (SSSR count). The maximum atomic E-state index is 13.0. The monoisotopic (exact) mass is 364 g/mol. The number of carbonyl (C=O) groups is 1. The topological polar surface area (TPSA) is 44.8 Å². The summed E-state index contributed by atoms with van der Waals surface area (Å²) < 4.78 is 17.4. The van der Waals surface area contributed by atoms with Gasteiger partial charge in [0.25, 0.3) is 0 Å². The molecule has 0 unspecified atom stereocenters. The lowest BCUT2D eigenvalue weighted by Crippen LogP contribution is -2.37. The number of methoxy groups -OCH3 is 1. The van der Waals surface area contributed by atoms with Crippen LogP contribution in [0, 0.1) is 0 Å². The lowest BCUT2D eigenvalue weighted by molar-refractivity contribution is -0.189. The van der Waals surface area contributed by atoms with Crippen molar-refractivity contribution >= 4 is 11.5 Å². The van der Waals surface area contributed by atoms with Gasteiger partial charge in [-0.3, -0.25) is 0 Å². The summed E-state index contributed by atoms with van der Waals surface area (Å²) in [4.78, 5) is 13.0. The summed E-state index contributed by atoms with van der Waals surface area (Å²) in [6, 6.07) is 17.8. The SMILES string of the molecule is CCCC1=C(c2ccc(OC)cc2)C(=O)O[C@]12OCC[C@@H]2c1ccccc1. The normalized spacial score (nSPS) is 24.5. The van der Waals surface area contributed by atoms with Crippen LogP contribution in [0.3, 0.4) is 0 Å². The Kier molecular flexibility index (Phi) is 4.75. The average Bonchev–Trinajstić information content (AvgIpc) is 3.24. The molecule has 2 aliphatic heterocycles. The van der Waals surface area contributed by atoms with Gasteiger partial charge in [-0.05, 0) is 36.1 Å². The maximum Gasteiger partial charge on any atom is 0.341 e. The van der Waals surface area contributed by atoms with Gasteiger partial charge >= 0.3 is 5.97 Å². The second-order valence-corrected chi connectivity index (χ2v) is 6.99. The number of ether oxygens (including phenoxy) is 3. The van der Waals surface area contributed by atoms with Crippen LogP contribution in [0.5, 0.6) is 5.75 Å². The third-order valence-electron chi connectivity index (χ3n) is 5.43. The van der Waals surface area contributed by atoms with E-state index < -0.39 is 5.79 Å². The highest BCUT2D eigenvalue weighted by atomic mass is 16.7. The molecule has 0 amide bonds. The summed E-state index contributed by atoms with van der Waals surface area (Å²) >= 11 is 0. The molecule has 2 atom stereocenters. The van der Waals surface area contributed by atoms with Gasteiger partial charge in [0.05, 0.1) is 25.2 Å². The third kappa shape index (κ3) is 2.94. The minimum Gasteiger partial charge on any atom is -0.497 e. The van der Waals surface area contributed by atoms with Crippen molar-refractivity contribution in [2.75, 3.05) is 13.7 Å². The molecule has 0 aliphatic carbocycles. The van der Waals surface area contributed by atoms with E-state index in [0.29, 0.717) is 12.2 Å². The zero-order valence-corrected chi connectivity index (χ0v) is 15.7. The van der Waals surface area contributed by atoms with Crippen molar-refractivity contribution in [2.45, 2.75) is 37.9 Å². The van der Waals surface area contributed by atoms with Crippen molar-refractivity contribution in [3.05, 3.63) is 71.3 Å². The molecular weight excluding hydrogens is 340 g/mol. The Balaban J connectivity index is 1.83. The van der Waals surface area contributed by atoms with Crippen LogP contribution >= 0.6 is 0 Å². The van der Waals surface area contributed by atoms with E-state index in [-0.39, 0.29) is 11.9 Å². The molecule has 2 aromatic carbocycles. The second-order valence-electron chi connectivity index (χ2n) is 6.99. The minimum absolute atomic E-state index is 0.0138. The molecule has 0 bridgehead atoms. The number of benzene rings is 2. The molecule has 2 aliphatic rings. The molecule has 0 radical (unpaired) electrons. The predicted molar refractivity (Wildman–Crippen MR) is 103 cm³/mol. The smallest absolute Gasteiger partial charge is 0.341 e. The van der Waals surface area contributed by atoms with Gasteiger partial charge in [-0.25, -0.2) is 4.79 Å². The largest absolute Gasteiger partial charge is 0.497 e. The predicted octanol–water partition coefficient (Wildman–Crippen LogP) is 4.71. The fraction of sp³-hybridized carbons (Fsp3) is 0.348. The Morgan fingerprint density at radius 1 is 1.11 bits per heavy atom. The molecule has 0 aromatic heterocycles. The molecular formula is C23H24O4. The van der Waals surface area contributed by atoms with E-state index in [1.54, 1.807) is 7.11 Å². The number of rotatable bonds is 5. The summed E-state index contributed by atoms with van der Waals surface area (Å²) in [5.74, 6) is -0.507. The van der Waals surface area contributed by atoms with Crippen molar-refractivity contribution in [1.82, 2.24) is 0 Å². The second kappa shape index (κ2) is 7.20. The van der Waals surface area contributed by atoms with Gasteiger partial charge in [-0.1, -0.05) is 55.8 Å². The molecule has 2 aromatic rings. The van der Waals surface area contributed by atoms with Crippen LogP contribution in [0.2, 0.25) is 0 Å². The third-order valence-corrected chi connectivity index (χ3v) is 5.43. The Morgan fingerprint density at radius 2 is 1.85 bits per heavy atom. The molecule has 1 spiro atoms. The van der Waals surface area contributed by atoms with E-state index in [1.807, 2.05) is 42.5 Å². The van der Waals surface area contributed by atoms with Gasteiger partial charge in [0.15, 0.2) is 0 Å². The maximum absolute atomic E-state index is 13.0. The summed E-state index contributed by atoms with van der Waals surface area (Å²) in [6.45, 7) is 2.69. The summed E-state index contributed by atoms with van der Waals surface area (Å²) in [7, 11) is 1.63. The van der Waals surface area contributed by atoms with Crippen molar-refractivity contribution in [2.24, 2.45) is 0 Å². The highest BCUT2D eigenvalue weighted by Gasteiger charge is 2.57. The Hall–Kier alpha value is -2.59. The van der Waals surface area contributed by atoms with Crippen molar-refractivity contribution in [1.29, 1.82) is 0 Å². The first-order valence-corrected chi connectivity index (χ1v) is 9.50. The van der Waals surface area contributed by atoms with Gasteiger partial charge in [-0.2, -0.15) is 0 Å². The van der Waals surface area contributed by atoms with E-state index in [2.05, 4.69) is 19.1 Å². The fourth-order valence-electron chi connectivity index (χ4n) is 4.24. The van der Waals surface area contributed by atoms with Crippen molar-refractivity contribution in [3.63, 3.8) is 0 Å². The van der Waals surface area contributed by atoms with Crippen molar-refractivity contribution in [3.8, 4) is 5.75 Å². The first-order chi connectivity index (χ1) is 13.2. The summed E-state index contributed by atoms with van der Waals surface area (Å²) in [5, 5.41) is 0. The number of hydrogen-bond donors (Lipinski definition) is 0. The van der Waals surface area contributed by atoms with Crippen molar-refractivity contribution < 1.29 is 19.0 Å². The van der Waals surface area contributed by atoms with Gasteiger partial charge in [-0.15, -0.1) is 0 Å². The molecule has 140 valence electrons. The minimum atomic E-state index is -0.982. The average molecular weight is 364 g/mol. The van der Waals surface area contributed by atoms with Gasteiger partial charge in [0.1, 0.15) is 5.75 Å². The number of esters is 1. The molecule has 0 N–H and O–H groups in total. The highest BCUT2D eigenvalue weighted by Crippen LogP contribution is 2.53. The lowest BCUT2D eigenvalue weighted by atomic mass is 9.82.